The molecule has 0 bridgehead atoms. The Labute approximate surface area is 160 Å². The molecule has 1 saturated heterocycles. The molecule has 1 aliphatic rings. The molecule has 9 heteroatoms. The fourth-order valence-electron chi connectivity index (χ4n) is 2.69. The number of alkyl halides is 3. The molecule has 1 atom stereocenters. The molecule has 0 spiro atoms. The summed E-state index contributed by atoms with van der Waals surface area (Å²) in [5, 5.41) is -0.280. The van der Waals surface area contributed by atoms with Gasteiger partial charge in [-0.3, -0.25) is 9.78 Å². The molecule has 0 aliphatic carbocycles. The van der Waals surface area contributed by atoms with E-state index in [4.69, 9.17) is 4.74 Å². The second-order valence-corrected chi connectivity index (χ2v) is 7.64. The molecule has 1 aromatic carbocycles. The largest absolute Gasteiger partial charge is 0.496 e. The second kappa shape index (κ2) is 7.48. The number of carbonyl (C=O) groups excluding carboxylic acids is 1. The highest BCUT2D eigenvalue weighted by molar-refractivity contribution is 9.10. The molecule has 2 heterocycles. The van der Waals surface area contributed by atoms with Crippen molar-refractivity contribution >= 4 is 33.6 Å². The number of aromatic nitrogens is 1. The van der Waals surface area contributed by atoms with E-state index < -0.39 is 11.9 Å². The molecular weight excluding hydrogens is 433 g/mol. The summed E-state index contributed by atoms with van der Waals surface area (Å²) in [6.45, 7) is 0.491. The standard InChI is InChI=1S/C17H14BrF3N2O2S/c1-25-13-4-3-11(18)8-12(13)16-23(6-7-26-16)15(24)10-2-5-14(22-9-10)17(19,20)21/h2-5,8-9,16H,6-7H2,1H3. The van der Waals surface area contributed by atoms with Gasteiger partial charge in [-0.2, -0.15) is 13.2 Å². The molecule has 1 fully saturated rings. The summed E-state index contributed by atoms with van der Waals surface area (Å²) in [7, 11) is 1.55. The first kappa shape index (κ1) is 19.0. The minimum atomic E-state index is -4.53. The van der Waals surface area contributed by atoms with Crippen LogP contribution in [0, 0.1) is 0 Å². The van der Waals surface area contributed by atoms with Gasteiger partial charge in [-0.25, -0.2) is 0 Å². The van der Waals surface area contributed by atoms with E-state index >= 15 is 0 Å². The average Bonchev–Trinajstić information content (AvgIpc) is 3.10. The zero-order chi connectivity index (χ0) is 18.9. The Morgan fingerprint density at radius 3 is 2.73 bits per heavy atom. The molecular formula is C17H14BrF3N2O2S. The van der Waals surface area contributed by atoms with Crippen LogP contribution in [-0.4, -0.2) is 35.2 Å². The van der Waals surface area contributed by atoms with Crippen molar-refractivity contribution in [3.63, 3.8) is 0 Å². The highest BCUT2D eigenvalue weighted by Crippen LogP contribution is 2.43. The quantitative estimate of drug-likeness (QED) is 0.681. The third-order valence-electron chi connectivity index (χ3n) is 3.91. The van der Waals surface area contributed by atoms with E-state index in [-0.39, 0.29) is 16.8 Å². The molecule has 138 valence electrons. The number of hydrogen-bond donors (Lipinski definition) is 0. The minimum Gasteiger partial charge on any atom is -0.496 e. The van der Waals surface area contributed by atoms with Crippen LogP contribution < -0.4 is 4.74 Å². The van der Waals surface area contributed by atoms with Gasteiger partial charge in [0, 0.05) is 28.5 Å². The normalized spacial score (nSPS) is 17.4. The molecule has 1 aliphatic heterocycles. The number of thioether (sulfide) groups is 1. The highest BCUT2D eigenvalue weighted by Gasteiger charge is 2.35. The van der Waals surface area contributed by atoms with Crippen molar-refractivity contribution in [1.82, 2.24) is 9.88 Å². The lowest BCUT2D eigenvalue weighted by atomic mass is 10.1. The maximum atomic E-state index is 12.8. The maximum absolute atomic E-state index is 12.8. The number of nitrogens with zero attached hydrogens (tertiary/aromatic N) is 2. The summed E-state index contributed by atoms with van der Waals surface area (Å²) < 4.78 is 44.2. The van der Waals surface area contributed by atoms with Gasteiger partial charge in [-0.1, -0.05) is 15.9 Å². The number of halogens is 4. The first-order chi connectivity index (χ1) is 12.3. The van der Waals surface area contributed by atoms with E-state index in [2.05, 4.69) is 20.9 Å². The van der Waals surface area contributed by atoms with Gasteiger partial charge in [-0.05, 0) is 30.3 Å². The zero-order valence-corrected chi connectivity index (χ0v) is 16.0. The second-order valence-electron chi connectivity index (χ2n) is 5.54. The van der Waals surface area contributed by atoms with Gasteiger partial charge in [0.2, 0.25) is 0 Å². The predicted molar refractivity (Wildman–Crippen MR) is 96.2 cm³/mol. The van der Waals surface area contributed by atoms with Crippen molar-refractivity contribution in [3.05, 3.63) is 57.8 Å². The van der Waals surface area contributed by atoms with Gasteiger partial charge in [0.05, 0.1) is 12.7 Å². The molecule has 0 N–H and O–H groups in total. The van der Waals surface area contributed by atoms with Crippen LogP contribution in [0.3, 0.4) is 0 Å². The van der Waals surface area contributed by atoms with E-state index in [0.717, 1.165) is 34.1 Å². The van der Waals surface area contributed by atoms with Crippen LogP contribution in [0.4, 0.5) is 13.2 Å². The monoisotopic (exact) mass is 446 g/mol. The lowest BCUT2D eigenvalue weighted by Crippen LogP contribution is -2.30. The lowest BCUT2D eigenvalue weighted by Gasteiger charge is -2.25. The molecule has 4 nitrogen and oxygen atoms in total. The van der Waals surface area contributed by atoms with Crippen molar-refractivity contribution in [2.75, 3.05) is 19.4 Å². The molecule has 1 unspecified atom stereocenters. The van der Waals surface area contributed by atoms with Crippen molar-refractivity contribution in [2.45, 2.75) is 11.6 Å². The van der Waals surface area contributed by atoms with Crippen LogP contribution in [0.25, 0.3) is 0 Å². The molecule has 26 heavy (non-hydrogen) atoms. The Hall–Kier alpha value is -1.74. The minimum absolute atomic E-state index is 0.125. The lowest BCUT2D eigenvalue weighted by molar-refractivity contribution is -0.141. The van der Waals surface area contributed by atoms with Crippen molar-refractivity contribution in [3.8, 4) is 5.75 Å². The summed E-state index contributed by atoms with van der Waals surface area (Å²) in [5.41, 5.74) is -0.0629. The summed E-state index contributed by atoms with van der Waals surface area (Å²) >= 11 is 4.99. The Kier molecular flexibility index (Phi) is 5.47. The first-order valence-electron chi connectivity index (χ1n) is 7.60. The van der Waals surface area contributed by atoms with E-state index in [1.54, 1.807) is 29.8 Å². The molecule has 0 radical (unpaired) electrons. The van der Waals surface area contributed by atoms with Gasteiger partial charge in [-0.15, -0.1) is 11.8 Å². The average molecular weight is 447 g/mol. The summed E-state index contributed by atoms with van der Waals surface area (Å²) in [5.74, 6) is 1.01. The molecule has 2 aromatic rings. The van der Waals surface area contributed by atoms with Gasteiger partial charge in [0.15, 0.2) is 0 Å². The maximum Gasteiger partial charge on any atom is 0.433 e. The topological polar surface area (TPSA) is 42.4 Å². The summed E-state index contributed by atoms with van der Waals surface area (Å²) in [6.07, 6.45) is -3.55. The van der Waals surface area contributed by atoms with Crippen molar-refractivity contribution in [1.29, 1.82) is 0 Å². The number of benzene rings is 1. The Balaban J connectivity index is 1.88. The fourth-order valence-corrected chi connectivity index (χ4v) is 4.34. The number of rotatable bonds is 3. The third kappa shape index (κ3) is 3.83. The predicted octanol–water partition coefficient (Wildman–Crippen LogP) is 4.76. The SMILES string of the molecule is COc1ccc(Br)cc1C1SCCN1C(=O)c1ccc(C(F)(F)F)nc1. The van der Waals surface area contributed by atoms with Crippen LogP contribution in [0.1, 0.15) is 27.0 Å². The number of carbonyl (C=O) groups is 1. The number of hydrogen-bond acceptors (Lipinski definition) is 4. The molecule has 3 rings (SSSR count). The van der Waals surface area contributed by atoms with Crippen LogP contribution in [0.15, 0.2) is 41.0 Å². The van der Waals surface area contributed by atoms with Crippen LogP contribution >= 0.6 is 27.7 Å². The molecule has 1 amide bonds. The fraction of sp³-hybridized carbons (Fsp3) is 0.294. The number of methoxy groups -OCH3 is 1. The Bertz CT molecular complexity index is 815. The van der Waals surface area contributed by atoms with Crippen molar-refractivity contribution in [2.24, 2.45) is 0 Å². The van der Waals surface area contributed by atoms with E-state index in [9.17, 15) is 18.0 Å². The van der Waals surface area contributed by atoms with Gasteiger partial charge in [0.1, 0.15) is 16.8 Å². The highest BCUT2D eigenvalue weighted by atomic mass is 79.9. The van der Waals surface area contributed by atoms with E-state index in [1.165, 1.54) is 0 Å². The van der Waals surface area contributed by atoms with Crippen molar-refractivity contribution < 1.29 is 22.7 Å². The molecule has 0 saturated carbocycles. The van der Waals surface area contributed by atoms with Crippen LogP contribution in [-0.2, 0) is 6.18 Å². The Morgan fingerprint density at radius 2 is 2.12 bits per heavy atom. The van der Waals surface area contributed by atoms with Gasteiger partial charge in [0.25, 0.3) is 5.91 Å². The van der Waals surface area contributed by atoms with E-state index in [1.807, 2.05) is 12.1 Å². The van der Waals surface area contributed by atoms with Crippen LogP contribution in [0.2, 0.25) is 0 Å². The Morgan fingerprint density at radius 1 is 1.35 bits per heavy atom. The van der Waals surface area contributed by atoms with Crippen LogP contribution in [0.5, 0.6) is 5.75 Å². The summed E-state index contributed by atoms with van der Waals surface area (Å²) in [6, 6.07) is 7.52. The smallest absolute Gasteiger partial charge is 0.433 e. The number of ether oxygens (including phenoxy) is 1. The first-order valence-corrected chi connectivity index (χ1v) is 9.44. The number of amides is 1. The van der Waals surface area contributed by atoms with E-state index in [0.29, 0.717) is 12.3 Å². The van der Waals surface area contributed by atoms with Gasteiger partial charge < -0.3 is 9.64 Å². The summed E-state index contributed by atoms with van der Waals surface area (Å²) in [4.78, 5) is 17.8. The third-order valence-corrected chi connectivity index (χ3v) is 5.65. The zero-order valence-electron chi connectivity index (χ0n) is 13.6. The number of pyridine rings is 1. The molecule has 1 aromatic heterocycles. The van der Waals surface area contributed by atoms with Gasteiger partial charge >= 0.3 is 6.18 Å².